The predicted molar refractivity (Wildman–Crippen MR) is 71.2 cm³/mol. The molecule has 1 aromatic carbocycles. The van der Waals surface area contributed by atoms with Gasteiger partial charge >= 0.3 is 0 Å². The summed E-state index contributed by atoms with van der Waals surface area (Å²) in [5.41, 5.74) is 2.38. The van der Waals surface area contributed by atoms with E-state index in [1.807, 2.05) is 0 Å². The number of likely N-dealkylation sites (tertiary alicyclic amines) is 1. The maximum atomic E-state index is 4.81. The molecule has 1 atom stereocenters. The maximum absolute atomic E-state index is 4.81. The molecule has 1 fully saturated rings. The van der Waals surface area contributed by atoms with Crippen LogP contribution < -0.4 is 0 Å². The molecule has 0 aliphatic carbocycles. The Bertz CT molecular complexity index is 521. The van der Waals surface area contributed by atoms with E-state index in [1.165, 1.54) is 30.5 Å². The number of hydrogen-bond donors (Lipinski definition) is 0. The number of aromatic nitrogens is 1. The molecule has 2 nitrogen and oxygen atoms in total. The van der Waals surface area contributed by atoms with Gasteiger partial charge in [0.15, 0.2) is 0 Å². The zero-order chi connectivity index (χ0) is 11.7. The van der Waals surface area contributed by atoms with Gasteiger partial charge in [-0.2, -0.15) is 0 Å². The number of likely N-dealkylation sites (N-methyl/N-ethyl adjacent to an activating group) is 1. The second-order valence-electron chi connectivity index (χ2n) is 5.03. The quantitative estimate of drug-likeness (QED) is 0.743. The van der Waals surface area contributed by atoms with Crippen LogP contribution in [0.3, 0.4) is 0 Å². The van der Waals surface area contributed by atoms with Crippen molar-refractivity contribution < 1.29 is 0 Å². The number of nitrogens with zero attached hydrogens (tertiary/aromatic N) is 2. The predicted octanol–water partition coefficient (Wildman–Crippen LogP) is 3.04. The first-order chi connectivity index (χ1) is 8.33. The molecule has 1 aromatic heterocycles. The number of para-hydroxylation sites is 1. The van der Waals surface area contributed by atoms with E-state index in [2.05, 4.69) is 48.3 Å². The van der Waals surface area contributed by atoms with Crippen LogP contribution in [-0.4, -0.2) is 30.0 Å². The number of hydrogen-bond acceptors (Lipinski definition) is 2. The Balaban J connectivity index is 1.94. The van der Waals surface area contributed by atoms with Gasteiger partial charge in [0.25, 0.3) is 0 Å². The number of pyridine rings is 1. The Kier molecular flexibility index (Phi) is 2.81. The first kappa shape index (κ1) is 10.7. The first-order valence-corrected chi connectivity index (χ1v) is 6.37. The smallest absolute Gasteiger partial charge is 0.0705 e. The SMILES string of the molecule is CN1CCCC(c2ccc3ccccc3n2)C1. The summed E-state index contributed by atoms with van der Waals surface area (Å²) >= 11 is 0. The maximum Gasteiger partial charge on any atom is 0.0705 e. The molecule has 2 heterocycles. The van der Waals surface area contributed by atoms with Crippen LogP contribution in [0.15, 0.2) is 36.4 Å². The van der Waals surface area contributed by atoms with E-state index < -0.39 is 0 Å². The molecule has 17 heavy (non-hydrogen) atoms. The number of piperidine rings is 1. The van der Waals surface area contributed by atoms with E-state index in [4.69, 9.17) is 4.98 Å². The Morgan fingerprint density at radius 2 is 2.06 bits per heavy atom. The Morgan fingerprint density at radius 1 is 1.18 bits per heavy atom. The minimum atomic E-state index is 0.610. The Morgan fingerprint density at radius 3 is 2.94 bits per heavy atom. The van der Waals surface area contributed by atoms with Gasteiger partial charge in [0, 0.05) is 23.5 Å². The molecule has 1 aliphatic heterocycles. The molecule has 0 spiro atoms. The number of rotatable bonds is 1. The molecule has 0 amide bonds. The molecule has 0 saturated carbocycles. The van der Waals surface area contributed by atoms with E-state index in [0.717, 1.165) is 12.1 Å². The van der Waals surface area contributed by atoms with E-state index in [9.17, 15) is 0 Å². The van der Waals surface area contributed by atoms with Gasteiger partial charge in [-0.15, -0.1) is 0 Å². The molecule has 2 heteroatoms. The van der Waals surface area contributed by atoms with E-state index >= 15 is 0 Å². The summed E-state index contributed by atoms with van der Waals surface area (Å²) in [5, 5.41) is 1.24. The summed E-state index contributed by atoms with van der Waals surface area (Å²) in [6.45, 7) is 2.37. The van der Waals surface area contributed by atoms with Gasteiger partial charge in [-0.1, -0.05) is 24.3 Å². The van der Waals surface area contributed by atoms with Crippen LogP contribution in [0.1, 0.15) is 24.5 Å². The van der Waals surface area contributed by atoms with Crippen LogP contribution >= 0.6 is 0 Å². The van der Waals surface area contributed by atoms with E-state index in [1.54, 1.807) is 0 Å². The highest BCUT2D eigenvalue weighted by Crippen LogP contribution is 2.26. The average Bonchev–Trinajstić information content (AvgIpc) is 2.38. The van der Waals surface area contributed by atoms with Crippen molar-refractivity contribution >= 4 is 10.9 Å². The second kappa shape index (κ2) is 4.46. The summed E-state index contributed by atoms with van der Waals surface area (Å²) in [4.78, 5) is 7.21. The molecule has 0 N–H and O–H groups in total. The number of benzene rings is 1. The van der Waals surface area contributed by atoms with Gasteiger partial charge in [0.1, 0.15) is 0 Å². The third kappa shape index (κ3) is 2.18. The van der Waals surface area contributed by atoms with Crippen molar-refractivity contribution in [2.45, 2.75) is 18.8 Å². The lowest BCUT2D eigenvalue weighted by atomic mass is 9.94. The summed E-state index contributed by atoms with van der Waals surface area (Å²) in [7, 11) is 2.20. The van der Waals surface area contributed by atoms with Crippen LogP contribution in [0.2, 0.25) is 0 Å². The fourth-order valence-electron chi connectivity index (χ4n) is 2.72. The molecule has 0 bridgehead atoms. The largest absolute Gasteiger partial charge is 0.306 e. The lowest BCUT2D eigenvalue weighted by Gasteiger charge is -2.29. The van der Waals surface area contributed by atoms with E-state index in [0.29, 0.717) is 5.92 Å². The highest BCUT2D eigenvalue weighted by molar-refractivity contribution is 5.78. The van der Waals surface area contributed by atoms with Crippen LogP contribution in [0.25, 0.3) is 10.9 Å². The van der Waals surface area contributed by atoms with Crippen molar-refractivity contribution in [3.63, 3.8) is 0 Å². The summed E-state index contributed by atoms with van der Waals surface area (Å²) in [6, 6.07) is 12.8. The fraction of sp³-hybridized carbons (Fsp3) is 0.400. The summed E-state index contributed by atoms with van der Waals surface area (Å²) < 4.78 is 0. The zero-order valence-corrected chi connectivity index (χ0v) is 10.3. The molecule has 0 radical (unpaired) electrons. The van der Waals surface area contributed by atoms with Crippen LogP contribution in [-0.2, 0) is 0 Å². The first-order valence-electron chi connectivity index (χ1n) is 6.37. The van der Waals surface area contributed by atoms with Gasteiger partial charge < -0.3 is 4.90 Å². The summed E-state index contributed by atoms with van der Waals surface area (Å²) in [6.07, 6.45) is 2.56. The molecule has 1 unspecified atom stereocenters. The van der Waals surface area contributed by atoms with Crippen LogP contribution in [0, 0.1) is 0 Å². The molecular weight excluding hydrogens is 208 g/mol. The van der Waals surface area contributed by atoms with E-state index in [-0.39, 0.29) is 0 Å². The molecule has 2 aromatic rings. The summed E-state index contributed by atoms with van der Waals surface area (Å²) in [5.74, 6) is 0.610. The third-order valence-electron chi connectivity index (χ3n) is 3.66. The minimum absolute atomic E-state index is 0.610. The van der Waals surface area contributed by atoms with Gasteiger partial charge in [-0.05, 0) is 38.6 Å². The molecule has 1 aliphatic rings. The molecule has 3 rings (SSSR count). The zero-order valence-electron chi connectivity index (χ0n) is 10.3. The van der Waals surface area contributed by atoms with Gasteiger partial charge in [0.2, 0.25) is 0 Å². The lowest BCUT2D eigenvalue weighted by molar-refractivity contribution is 0.248. The van der Waals surface area contributed by atoms with Gasteiger partial charge in [-0.3, -0.25) is 4.98 Å². The molecule has 88 valence electrons. The van der Waals surface area contributed by atoms with Gasteiger partial charge in [-0.25, -0.2) is 0 Å². The average molecular weight is 226 g/mol. The Hall–Kier alpha value is -1.41. The highest BCUT2D eigenvalue weighted by Gasteiger charge is 2.19. The second-order valence-corrected chi connectivity index (χ2v) is 5.03. The Labute approximate surface area is 102 Å². The van der Waals surface area contributed by atoms with Crippen molar-refractivity contribution in [1.29, 1.82) is 0 Å². The highest BCUT2D eigenvalue weighted by atomic mass is 15.1. The monoisotopic (exact) mass is 226 g/mol. The topological polar surface area (TPSA) is 16.1 Å². The standard InChI is InChI=1S/C15H18N2/c1-17-10-4-6-13(11-17)15-9-8-12-5-2-3-7-14(12)16-15/h2-3,5,7-9,13H,4,6,10-11H2,1H3. The molecule has 1 saturated heterocycles. The van der Waals surface area contributed by atoms with Crippen molar-refractivity contribution in [2.75, 3.05) is 20.1 Å². The number of fused-ring (bicyclic) bond motifs is 1. The van der Waals surface area contributed by atoms with Crippen molar-refractivity contribution in [1.82, 2.24) is 9.88 Å². The fourth-order valence-corrected chi connectivity index (χ4v) is 2.72. The molecular formula is C15H18N2. The van der Waals surface area contributed by atoms with Crippen molar-refractivity contribution in [3.05, 3.63) is 42.1 Å². The van der Waals surface area contributed by atoms with Crippen LogP contribution in [0.5, 0.6) is 0 Å². The lowest BCUT2D eigenvalue weighted by Crippen LogP contribution is -2.31. The minimum Gasteiger partial charge on any atom is -0.306 e. The van der Waals surface area contributed by atoms with Crippen LogP contribution in [0.4, 0.5) is 0 Å². The normalized spacial score (nSPS) is 21.8. The van der Waals surface area contributed by atoms with Crippen molar-refractivity contribution in [2.24, 2.45) is 0 Å². The van der Waals surface area contributed by atoms with Crippen molar-refractivity contribution in [3.8, 4) is 0 Å². The van der Waals surface area contributed by atoms with Gasteiger partial charge in [0.05, 0.1) is 5.52 Å². The third-order valence-corrected chi connectivity index (χ3v) is 3.66.